The van der Waals surface area contributed by atoms with Crippen LogP contribution in [0, 0.1) is 5.82 Å². The van der Waals surface area contributed by atoms with Crippen molar-refractivity contribution < 1.29 is 14.3 Å². The third-order valence-electron chi connectivity index (χ3n) is 4.03. The number of aromatic nitrogens is 2. The predicted octanol–water partition coefficient (Wildman–Crippen LogP) is 3.01. The normalized spacial score (nSPS) is 13.2. The Hall–Kier alpha value is -2.67. The number of carboxylic acid groups (broad SMARTS) is 1. The van der Waals surface area contributed by atoms with E-state index in [1.807, 2.05) is 0 Å². The lowest BCUT2D eigenvalue weighted by molar-refractivity contribution is 0.0695. The zero-order valence-electron chi connectivity index (χ0n) is 12.3. The van der Waals surface area contributed by atoms with E-state index in [1.165, 1.54) is 18.0 Å². The highest BCUT2D eigenvalue weighted by molar-refractivity contribution is 7.99. The van der Waals surface area contributed by atoms with E-state index in [9.17, 15) is 19.1 Å². The van der Waals surface area contributed by atoms with Crippen LogP contribution in [-0.2, 0) is 6.54 Å². The average molecular weight is 342 g/mol. The van der Waals surface area contributed by atoms with Gasteiger partial charge in [-0.15, -0.1) is 11.8 Å². The molecular formula is C17H11FN2O3S. The minimum Gasteiger partial charge on any atom is -0.477 e. The van der Waals surface area contributed by atoms with Crippen molar-refractivity contribution in [2.75, 3.05) is 5.75 Å². The SMILES string of the molecule is O=C(O)c1cn2c3c(c(-c4cccnc4)c(F)cc3c1=O)SCC2. The molecule has 3 aromatic rings. The third kappa shape index (κ3) is 2.12. The molecule has 3 heterocycles. The minimum absolute atomic E-state index is 0.0993. The molecule has 24 heavy (non-hydrogen) atoms. The fourth-order valence-corrected chi connectivity index (χ4v) is 4.21. The lowest BCUT2D eigenvalue weighted by atomic mass is 10.0. The zero-order chi connectivity index (χ0) is 16.8. The van der Waals surface area contributed by atoms with E-state index in [-0.39, 0.29) is 10.9 Å². The van der Waals surface area contributed by atoms with Crippen molar-refractivity contribution in [2.45, 2.75) is 11.4 Å². The molecule has 1 aliphatic heterocycles. The van der Waals surface area contributed by atoms with E-state index in [2.05, 4.69) is 4.98 Å². The Morgan fingerprint density at radius 1 is 1.42 bits per heavy atom. The molecule has 2 aromatic heterocycles. The van der Waals surface area contributed by atoms with Crippen LogP contribution >= 0.6 is 11.8 Å². The number of carbonyl (C=O) groups is 1. The molecule has 0 fully saturated rings. The highest BCUT2D eigenvalue weighted by Crippen LogP contribution is 2.40. The maximum atomic E-state index is 14.8. The van der Waals surface area contributed by atoms with Gasteiger partial charge in [-0.25, -0.2) is 9.18 Å². The number of benzene rings is 1. The van der Waals surface area contributed by atoms with Gasteiger partial charge >= 0.3 is 5.97 Å². The molecule has 5 nitrogen and oxygen atoms in total. The molecule has 7 heteroatoms. The van der Waals surface area contributed by atoms with Crippen molar-refractivity contribution in [3.63, 3.8) is 0 Å². The average Bonchev–Trinajstić information content (AvgIpc) is 2.58. The maximum Gasteiger partial charge on any atom is 0.341 e. The summed E-state index contributed by atoms with van der Waals surface area (Å²) in [5.41, 5.74) is 0.614. The highest BCUT2D eigenvalue weighted by Gasteiger charge is 2.25. The monoisotopic (exact) mass is 342 g/mol. The van der Waals surface area contributed by atoms with Gasteiger partial charge < -0.3 is 9.67 Å². The van der Waals surface area contributed by atoms with Gasteiger partial charge in [0, 0.05) is 46.9 Å². The molecule has 0 saturated carbocycles. The molecule has 1 aromatic carbocycles. The molecule has 120 valence electrons. The summed E-state index contributed by atoms with van der Waals surface area (Å²) < 4.78 is 16.5. The van der Waals surface area contributed by atoms with Crippen LogP contribution in [0.25, 0.3) is 22.0 Å². The number of carboxylic acids is 1. The van der Waals surface area contributed by atoms with Crippen LogP contribution < -0.4 is 5.43 Å². The second-order valence-electron chi connectivity index (χ2n) is 5.42. The number of hydrogen-bond donors (Lipinski definition) is 1. The van der Waals surface area contributed by atoms with Crippen LogP contribution in [0.1, 0.15) is 10.4 Å². The molecule has 1 N–H and O–H groups in total. The molecular weight excluding hydrogens is 331 g/mol. The smallest absolute Gasteiger partial charge is 0.341 e. The van der Waals surface area contributed by atoms with Gasteiger partial charge in [-0.05, 0) is 12.1 Å². The molecule has 0 amide bonds. The summed E-state index contributed by atoms with van der Waals surface area (Å²) in [6, 6.07) is 4.62. The van der Waals surface area contributed by atoms with E-state index in [4.69, 9.17) is 0 Å². The largest absolute Gasteiger partial charge is 0.477 e. The number of rotatable bonds is 2. The Labute approximate surface area is 139 Å². The summed E-state index contributed by atoms with van der Waals surface area (Å²) >= 11 is 1.46. The molecule has 1 aliphatic rings. The van der Waals surface area contributed by atoms with Gasteiger partial charge in [0.1, 0.15) is 11.4 Å². The summed E-state index contributed by atoms with van der Waals surface area (Å²) in [5, 5.41) is 9.31. The van der Waals surface area contributed by atoms with E-state index < -0.39 is 17.2 Å². The minimum atomic E-state index is -1.30. The van der Waals surface area contributed by atoms with Crippen molar-refractivity contribution in [2.24, 2.45) is 0 Å². The van der Waals surface area contributed by atoms with E-state index in [0.29, 0.717) is 33.8 Å². The second kappa shape index (κ2) is 5.45. The number of pyridine rings is 2. The summed E-state index contributed by atoms with van der Waals surface area (Å²) in [6.07, 6.45) is 4.53. The summed E-state index contributed by atoms with van der Waals surface area (Å²) in [4.78, 5) is 28.4. The number of nitrogens with zero attached hydrogens (tertiary/aromatic N) is 2. The van der Waals surface area contributed by atoms with Crippen molar-refractivity contribution in [3.8, 4) is 11.1 Å². The number of aromatic carboxylic acids is 1. The first-order valence-corrected chi connectivity index (χ1v) is 8.22. The van der Waals surface area contributed by atoms with Gasteiger partial charge in [0.05, 0.1) is 10.9 Å². The molecule has 0 unspecified atom stereocenters. The van der Waals surface area contributed by atoms with Gasteiger partial charge in [-0.1, -0.05) is 6.07 Å². The standard InChI is InChI=1S/C17H11FN2O3S/c18-12-6-10-14-16(13(12)9-2-1-3-19-7-9)24-5-4-20(14)8-11(15(10)21)17(22)23/h1-3,6-8H,4-5H2,(H,22,23). The molecule has 0 bridgehead atoms. The van der Waals surface area contributed by atoms with Gasteiger partial charge in [0.2, 0.25) is 5.43 Å². The first-order valence-electron chi connectivity index (χ1n) is 7.24. The third-order valence-corrected chi connectivity index (χ3v) is 5.10. The topological polar surface area (TPSA) is 72.2 Å². The van der Waals surface area contributed by atoms with Gasteiger partial charge in [-0.3, -0.25) is 9.78 Å². The van der Waals surface area contributed by atoms with Crippen LogP contribution in [0.2, 0.25) is 0 Å². The van der Waals surface area contributed by atoms with Gasteiger partial charge in [0.15, 0.2) is 0 Å². The maximum absolute atomic E-state index is 14.8. The number of thioether (sulfide) groups is 1. The van der Waals surface area contributed by atoms with Crippen LogP contribution in [0.5, 0.6) is 0 Å². The lowest BCUT2D eigenvalue weighted by Gasteiger charge is -2.23. The van der Waals surface area contributed by atoms with Crippen LogP contribution in [-0.4, -0.2) is 26.4 Å². The Balaban J connectivity index is 2.16. The predicted molar refractivity (Wildman–Crippen MR) is 89.1 cm³/mol. The molecule has 0 atom stereocenters. The number of aryl methyl sites for hydroxylation is 1. The summed E-state index contributed by atoms with van der Waals surface area (Å²) in [7, 11) is 0. The van der Waals surface area contributed by atoms with Crippen molar-refractivity contribution in [1.29, 1.82) is 0 Å². The second-order valence-corrected chi connectivity index (χ2v) is 6.52. The Bertz CT molecular complexity index is 1050. The first kappa shape index (κ1) is 14.9. The van der Waals surface area contributed by atoms with Crippen LogP contribution in [0.4, 0.5) is 4.39 Å². The first-order chi connectivity index (χ1) is 11.6. The highest BCUT2D eigenvalue weighted by atomic mass is 32.2. The molecule has 0 radical (unpaired) electrons. The lowest BCUT2D eigenvalue weighted by Crippen LogP contribution is -2.22. The Kier molecular flexibility index (Phi) is 3.38. The van der Waals surface area contributed by atoms with Crippen molar-refractivity contribution >= 4 is 28.6 Å². The molecule has 0 aliphatic carbocycles. The fraction of sp³-hybridized carbons (Fsp3) is 0.118. The molecule has 0 spiro atoms. The molecule has 0 saturated heterocycles. The summed E-state index contributed by atoms with van der Waals surface area (Å²) in [5.74, 6) is -1.19. The van der Waals surface area contributed by atoms with Crippen molar-refractivity contribution in [3.05, 3.63) is 58.4 Å². The van der Waals surface area contributed by atoms with E-state index in [1.54, 1.807) is 29.1 Å². The Morgan fingerprint density at radius 2 is 2.25 bits per heavy atom. The zero-order valence-corrected chi connectivity index (χ0v) is 13.1. The fourth-order valence-electron chi connectivity index (χ4n) is 2.99. The van der Waals surface area contributed by atoms with Gasteiger partial charge in [0.25, 0.3) is 0 Å². The van der Waals surface area contributed by atoms with Crippen molar-refractivity contribution in [1.82, 2.24) is 9.55 Å². The number of halogens is 1. The van der Waals surface area contributed by atoms with Gasteiger partial charge in [-0.2, -0.15) is 0 Å². The number of hydrogen-bond acceptors (Lipinski definition) is 4. The van der Waals surface area contributed by atoms with Crippen LogP contribution in [0.15, 0.2) is 46.5 Å². The quantitative estimate of drug-likeness (QED) is 0.775. The van der Waals surface area contributed by atoms with Crippen LogP contribution in [0.3, 0.4) is 0 Å². The van der Waals surface area contributed by atoms with E-state index >= 15 is 0 Å². The summed E-state index contributed by atoms with van der Waals surface area (Å²) in [6.45, 7) is 0.562. The Morgan fingerprint density at radius 3 is 2.96 bits per heavy atom. The molecule has 4 rings (SSSR count). The van der Waals surface area contributed by atoms with E-state index in [0.717, 1.165) is 6.07 Å².